The molecule has 0 saturated heterocycles. The number of benzene rings is 2. The zero-order chi connectivity index (χ0) is 16.9. The van der Waals surface area contributed by atoms with Crippen molar-refractivity contribution >= 4 is 35.1 Å². The molecule has 0 heterocycles. The van der Waals surface area contributed by atoms with Gasteiger partial charge in [-0.25, -0.2) is 9.59 Å². The van der Waals surface area contributed by atoms with Crippen molar-refractivity contribution in [1.29, 1.82) is 0 Å². The van der Waals surface area contributed by atoms with Crippen LogP contribution in [-0.4, -0.2) is 32.4 Å². The summed E-state index contributed by atoms with van der Waals surface area (Å²) in [7, 11) is 0. The van der Waals surface area contributed by atoms with E-state index >= 15 is 0 Å². The molecule has 0 bridgehead atoms. The summed E-state index contributed by atoms with van der Waals surface area (Å²) in [5, 5.41) is 35.5. The van der Waals surface area contributed by atoms with Gasteiger partial charge in [0, 0.05) is 10.0 Å². The zero-order valence-corrected chi connectivity index (χ0v) is 12.3. The molecule has 0 aromatic heterocycles. The van der Waals surface area contributed by atoms with E-state index in [1.165, 1.54) is 36.4 Å². The van der Waals surface area contributed by atoms with E-state index in [-0.39, 0.29) is 22.6 Å². The van der Waals surface area contributed by atoms with Crippen molar-refractivity contribution in [2.75, 3.05) is 0 Å². The molecule has 0 aliphatic carbocycles. The number of halogens is 2. The smallest absolute Gasteiger partial charge is 0.339 e. The van der Waals surface area contributed by atoms with Gasteiger partial charge < -0.3 is 20.4 Å². The van der Waals surface area contributed by atoms with Gasteiger partial charge in [-0.15, -0.1) is 0 Å². The number of hydrogen-bond acceptors (Lipinski definition) is 4. The van der Waals surface area contributed by atoms with Crippen molar-refractivity contribution in [3.63, 3.8) is 0 Å². The highest BCUT2D eigenvalue weighted by atomic mass is 35.5. The van der Waals surface area contributed by atoms with Crippen LogP contribution in [0.4, 0.5) is 0 Å². The van der Waals surface area contributed by atoms with Gasteiger partial charge >= 0.3 is 11.9 Å². The number of phenols is 2. The maximum Gasteiger partial charge on any atom is 0.339 e. The van der Waals surface area contributed by atoms with Crippen LogP contribution in [-0.2, 0) is 0 Å². The van der Waals surface area contributed by atoms with E-state index in [0.717, 1.165) is 0 Å². The van der Waals surface area contributed by atoms with Crippen molar-refractivity contribution in [2.24, 2.45) is 0 Å². The molecule has 2 aromatic rings. The summed E-state index contributed by atoms with van der Waals surface area (Å²) in [6.07, 6.45) is 0. The first-order valence-corrected chi connectivity index (χ1v) is 6.41. The number of rotatable bonds is 2. The fourth-order valence-corrected chi connectivity index (χ4v) is 1.70. The minimum atomic E-state index is -1.19. The Labute approximate surface area is 134 Å². The highest BCUT2D eigenvalue weighted by molar-refractivity contribution is 6.31. The van der Waals surface area contributed by atoms with Gasteiger partial charge in [0.05, 0.1) is 0 Å². The summed E-state index contributed by atoms with van der Waals surface area (Å²) in [4.78, 5) is 20.7. The van der Waals surface area contributed by atoms with Crippen molar-refractivity contribution in [1.82, 2.24) is 0 Å². The number of aromatic hydroxyl groups is 2. The summed E-state index contributed by atoms with van der Waals surface area (Å²) in [6.45, 7) is 0. The highest BCUT2D eigenvalue weighted by Gasteiger charge is 2.09. The van der Waals surface area contributed by atoms with E-state index in [2.05, 4.69) is 0 Å². The van der Waals surface area contributed by atoms with Crippen LogP contribution in [0, 0.1) is 0 Å². The Kier molecular flexibility index (Phi) is 6.03. The van der Waals surface area contributed by atoms with Crippen LogP contribution >= 0.6 is 23.2 Å². The zero-order valence-electron chi connectivity index (χ0n) is 10.8. The standard InChI is InChI=1S/2C7H5ClO3/c8-4-1-2-6(9)5(3-4)7(10)11;8-4-1-2-5(7(10)11)6(9)3-4/h2*1-3,9H,(H,10,11). The van der Waals surface area contributed by atoms with Crippen molar-refractivity contribution in [2.45, 2.75) is 0 Å². The van der Waals surface area contributed by atoms with Gasteiger partial charge in [0.2, 0.25) is 0 Å². The number of carboxylic acids is 2. The number of aromatic carboxylic acids is 2. The Balaban J connectivity index is 0.000000220. The lowest BCUT2D eigenvalue weighted by Crippen LogP contribution is -1.95. The highest BCUT2D eigenvalue weighted by Crippen LogP contribution is 2.21. The second-order valence-electron chi connectivity index (χ2n) is 3.93. The minimum absolute atomic E-state index is 0.144. The lowest BCUT2D eigenvalue weighted by molar-refractivity contribution is 0.0682. The van der Waals surface area contributed by atoms with Gasteiger partial charge in [-0.05, 0) is 36.4 Å². The van der Waals surface area contributed by atoms with E-state index in [1.807, 2.05) is 0 Å². The van der Waals surface area contributed by atoms with E-state index in [0.29, 0.717) is 10.0 Å². The predicted octanol–water partition coefficient (Wildman–Crippen LogP) is 3.49. The maximum atomic E-state index is 10.4. The Hall–Kier alpha value is -2.44. The van der Waals surface area contributed by atoms with Crippen LogP contribution in [0.3, 0.4) is 0 Å². The normalized spacial score (nSPS) is 9.55. The van der Waals surface area contributed by atoms with Crippen LogP contribution in [0.1, 0.15) is 20.7 Å². The third-order valence-corrected chi connectivity index (χ3v) is 2.85. The topological polar surface area (TPSA) is 115 Å². The van der Waals surface area contributed by atoms with E-state index in [9.17, 15) is 9.59 Å². The monoisotopic (exact) mass is 344 g/mol. The summed E-state index contributed by atoms with van der Waals surface area (Å²) >= 11 is 11.0. The molecule has 0 amide bonds. The third kappa shape index (κ3) is 4.83. The lowest BCUT2D eigenvalue weighted by Gasteiger charge is -1.97. The van der Waals surface area contributed by atoms with Crippen LogP contribution < -0.4 is 0 Å². The van der Waals surface area contributed by atoms with Crippen molar-refractivity contribution in [3.05, 3.63) is 57.6 Å². The SMILES string of the molecule is O=C(O)c1cc(Cl)ccc1O.O=C(O)c1ccc(Cl)cc1O. The van der Waals surface area contributed by atoms with Gasteiger partial charge in [-0.3, -0.25) is 0 Å². The third-order valence-electron chi connectivity index (χ3n) is 2.38. The fraction of sp³-hybridized carbons (Fsp3) is 0. The molecule has 0 unspecified atom stereocenters. The van der Waals surface area contributed by atoms with Gasteiger partial charge in [-0.2, -0.15) is 0 Å². The Morgan fingerprint density at radius 1 is 0.727 bits per heavy atom. The molecule has 0 aliphatic heterocycles. The number of carbonyl (C=O) groups is 2. The summed E-state index contributed by atoms with van der Waals surface area (Å²) in [6, 6.07) is 7.70. The molecule has 4 N–H and O–H groups in total. The predicted molar refractivity (Wildman–Crippen MR) is 80.2 cm³/mol. The second kappa shape index (κ2) is 7.53. The Morgan fingerprint density at radius 3 is 1.68 bits per heavy atom. The summed E-state index contributed by atoms with van der Waals surface area (Å²) < 4.78 is 0. The Morgan fingerprint density at radius 2 is 1.23 bits per heavy atom. The van der Waals surface area contributed by atoms with E-state index in [4.69, 9.17) is 43.6 Å². The average Bonchev–Trinajstić information content (AvgIpc) is 2.41. The quantitative estimate of drug-likeness (QED) is 0.662. The molecule has 2 rings (SSSR count). The first kappa shape index (κ1) is 17.6. The van der Waals surface area contributed by atoms with Gasteiger partial charge in [0.1, 0.15) is 22.6 Å². The molecule has 0 atom stereocenters. The average molecular weight is 345 g/mol. The maximum absolute atomic E-state index is 10.4. The molecule has 0 radical (unpaired) electrons. The summed E-state index contributed by atoms with van der Waals surface area (Å²) in [5.41, 5.74) is -0.327. The molecule has 22 heavy (non-hydrogen) atoms. The molecule has 116 valence electrons. The first-order valence-electron chi connectivity index (χ1n) is 5.66. The van der Waals surface area contributed by atoms with E-state index < -0.39 is 11.9 Å². The van der Waals surface area contributed by atoms with Gasteiger partial charge in [-0.1, -0.05) is 23.2 Å². The van der Waals surface area contributed by atoms with Crippen LogP contribution in [0.5, 0.6) is 11.5 Å². The fourth-order valence-electron chi connectivity index (χ4n) is 1.37. The minimum Gasteiger partial charge on any atom is -0.507 e. The molecule has 0 saturated carbocycles. The molecule has 8 heteroatoms. The van der Waals surface area contributed by atoms with Crippen LogP contribution in [0.15, 0.2) is 36.4 Å². The molecule has 2 aromatic carbocycles. The molecular weight excluding hydrogens is 335 g/mol. The second-order valence-corrected chi connectivity index (χ2v) is 4.81. The molecule has 0 spiro atoms. The molecular formula is C14H10Cl2O6. The van der Waals surface area contributed by atoms with Crippen LogP contribution in [0.2, 0.25) is 10.0 Å². The molecule has 6 nitrogen and oxygen atoms in total. The number of carboxylic acid groups (broad SMARTS) is 2. The molecule has 0 aliphatic rings. The van der Waals surface area contributed by atoms with Crippen LogP contribution in [0.25, 0.3) is 0 Å². The largest absolute Gasteiger partial charge is 0.507 e. The van der Waals surface area contributed by atoms with Crippen molar-refractivity contribution < 1.29 is 30.0 Å². The Bertz CT molecular complexity index is 714. The van der Waals surface area contributed by atoms with Crippen molar-refractivity contribution in [3.8, 4) is 11.5 Å². The number of hydrogen-bond donors (Lipinski definition) is 4. The van der Waals surface area contributed by atoms with Gasteiger partial charge in [0.25, 0.3) is 0 Å². The summed E-state index contributed by atoms with van der Waals surface area (Å²) in [5.74, 6) is -2.95. The molecule has 0 fully saturated rings. The van der Waals surface area contributed by atoms with Gasteiger partial charge in [0.15, 0.2) is 0 Å². The lowest BCUT2D eigenvalue weighted by atomic mass is 10.2. The van der Waals surface area contributed by atoms with E-state index in [1.54, 1.807) is 0 Å². The first-order chi connectivity index (χ1) is 10.2.